The number of methoxy groups -OCH3 is 1. The lowest BCUT2D eigenvalue weighted by atomic mass is 9.86. The van der Waals surface area contributed by atoms with Crippen LogP contribution in [-0.2, 0) is 0 Å². The van der Waals surface area contributed by atoms with Crippen molar-refractivity contribution in [2.24, 2.45) is 0 Å². The predicted molar refractivity (Wildman–Crippen MR) is 109 cm³/mol. The zero-order valence-corrected chi connectivity index (χ0v) is 16.7. The molecule has 2 aromatic carbocycles. The number of Topliss-reactive ketones (excluding diaryl/α,β-unsaturated/α-hetero) is 1. The molecule has 0 N–H and O–H groups in total. The minimum Gasteiger partial charge on any atom is -0.497 e. The highest BCUT2D eigenvalue weighted by molar-refractivity contribution is 5.96. The van der Waals surface area contributed by atoms with Crippen LogP contribution in [0.15, 0.2) is 54.6 Å². The van der Waals surface area contributed by atoms with Gasteiger partial charge in [0.15, 0.2) is 5.78 Å². The van der Waals surface area contributed by atoms with E-state index in [1.807, 2.05) is 30.3 Å². The third-order valence-corrected chi connectivity index (χ3v) is 5.41. The van der Waals surface area contributed by atoms with Crippen LogP contribution in [0.5, 0.6) is 5.75 Å². The Labute approximate surface area is 166 Å². The van der Waals surface area contributed by atoms with Crippen LogP contribution in [0.4, 0.5) is 4.39 Å². The monoisotopic (exact) mass is 391 g/mol. The first-order chi connectivity index (χ1) is 12.5. The number of likely N-dealkylation sites (tertiary alicyclic amines) is 1. The fourth-order valence-corrected chi connectivity index (χ4v) is 3.60. The molecule has 0 radical (unpaired) electrons. The fraction of sp³-hybridized carbons (Fsp3) is 0.409. The highest BCUT2D eigenvalue weighted by Gasteiger charge is 2.37. The Kier molecular flexibility index (Phi) is 7.40. The number of rotatable bonds is 6. The van der Waals surface area contributed by atoms with Crippen LogP contribution in [0, 0.1) is 0 Å². The van der Waals surface area contributed by atoms with Crippen LogP contribution < -0.4 is 4.74 Å². The van der Waals surface area contributed by atoms with Gasteiger partial charge in [-0.2, -0.15) is 0 Å². The Morgan fingerprint density at radius 1 is 1.11 bits per heavy atom. The molecule has 27 heavy (non-hydrogen) atoms. The number of ketones is 1. The fourth-order valence-electron chi connectivity index (χ4n) is 3.60. The number of carbonyl (C=O) groups excluding carboxylic acids is 1. The number of nitrogens with zero attached hydrogens (tertiary/aromatic N) is 1. The van der Waals surface area contributed by atoms with Gasteiger partial charge >= 0.3 is 0 Å². The summed E-state index contributed by atoms with van der Waals surface area (Å²) in [5.41, 5.74) is 0.388. The van der Waals surface area contributed by atoms with Crippen molar-refractivity contribution in [1.82, 2.24) is 4.90 Å². The SMILES string of the molecule is COc1ccc(C(C)N2CCC(F)(CC(=O)c3ccccc3)CC2)cc1.Cl. The molecule has 1 fully saturated rings. The maximum Gasteiger partial charge on any atom is 0.166 e. The summed E-state index contributed by atoms with van der Waals surface area (Å²) in [6, 6.07) is 17.2. The first-order valence-corrected chi connectivity index (χ1v) is 9.16. The molecule has 3 rings (SSSR count). The number of piperidine rings is 1. The molecule has 2 aromatic rings. The lowest BCUT2D eigenvalue weighted by Crippen LogP contribution is -2.43. The van der Waals surface area contributed by atoms with Crippen molar-refractivity contribution in [2.45, 2.75) is 37.9 Å². The van der Waals surface area contributed by atoms with Gasteiger partial charge in [0.05, 0.1) is 7.11 Å². The number of hydrogen-bond donors (Lipinski definition) is 0. The van der Waals surface area contributed by atoms with E-state index in [9.17, 15) is 4.79 Å². The van der Waals surface area contributed by atoms with E-state index < -0.39 is 5.67 Å². The third-order valence-electron chi connectivity index (χ3n) is 5.41. The van der Waals surface area contributed by atoms with Crippen molar-refractivity contribution in [1.29, 1.82) is 0 Å². The second-order valence-electron chi connectivity index (χ2n) is 7.10. The number of alkyl halides is 1. The van der Waals surface area contributed by atoms with Gasteiger partial charge < -0.3 is 4.74 Å². The molecule has 0 bridgehead atoms. The van der Waals surface area contributed by atoms with E-state index in [1.54, 1.807) is 19.2 Å². The molecule has 146 valence electrons. The van der Waals surface area contributed by atoms with Gasteiger partial charge in [0.2, 0.25) is 0 Å². The summed E-state index contributed by atoms with van der Waals surface area (Å²) >= 11 is 0. The van der Waals surface area contributed by atoms with Crippen molar-refractivity contribution in [3.8, 4) is 5.75 Å². The van der Waals surface area contributed by atoms with Crippen LogP contribution in [0.1, 0.15) is 48.1 Å². The molecule has 1 aliphatic heterocycles. The molecular formula is C22H27ClFNO2. The van der Waals surface area contributed by atoms with Gasteiger partial charge in [0.1, 0.15) is 11.4 Å². The van der Waals surface area contributed by atoms with E-state index in [4.69, 9.17) is 4.74 Å². The van der Waals surface area contributed by atoms with Gasteiger partial charge in [0, 0.05) is 31.1 Å². The molecule has 1 atom stereocenters. The quantitative estimate of drug-likeness (QED) is 0.629. The molecule has 0 aliphatic carbocycles. The molecule has 0 saturated carbocycles. The number of halogens is 2. The Morgan fingerprint density at radius 3 is 2.26 bits per heavy atom. The van der Waals surface area contributed by atoms with E-state index in [0.29, 0.717) is 31.5 Å². The number of ether oxygens (including phenoxy) is 1. The minimum absolute atomic E-state index is 0. The van der Waals surface area contributed by atoms with Gasteiger partial charge in [-0.25, -0.2) is 4.39 Å². The van der Waals surface area contributed by atoms with Crippen LogP contribution in [0.2, 0.25) is 0 Å². The molecule has 5 heteroatoms. The highest BCUT2D eigenvalue weighted by Crippen LogP contribution is 2.35. The summed E-state index contributed by atoms with van der Waals surface area (Å²) in [4.78, 5) is 14.6. The number of hydrogen-bond acceptors (Lipinski definition) is 3. The normalized spacial score (nSPS) is 17.6. The molecule has 1 saturated heterocycles. The lowest BCUT2D eigenvalue weighted by Gasteiger charge is -2.39. The van der Waals surface area contributed by atoms with Crippen LogP contribution in [0.25, 0.3) is 0 Å². The predicted octanol–water partition coefficient (Wildman–Crippen LogP) is 5.26. The number of carbonyl (C=O) groups is 1. The van der Waals surface area contributed by atoms with E-state index in [-0.39, 0.29) is 30.7 Å². The van der Waals surface area contributed by atoms with Crippen molar-refractivity contribution in [3.63, 3.8) is 0 Å². The van der Waals surface area contributed by atoms with E-state index in [0.717, 1.165) is 5.75 Å². The highest BCUT2D eigenvalue weighted by atomic mass is 35.5. The second-order valence-corrected chi connectivity index (χ2v) is 7.10. The molecular weight excluding hydrogens is 365 g/mol. The molecule has 0 spiro atoms. The number of benzene rings is 2. The maximum atomic E-state index is 15.2. The summed E-state index contributed by atoms with van der Waals surface area (Å²) in [6.07, 6.45) is 0.764. The van der Waals surface area contributed by atoms with Gasteiger partial charge in [0.25, 0.3) is 0 Å². The Morgan fingerprint density at radius 2 is 1.70 bits per heavy atom. The average Bonchev–Trinajstić information content (AvgIpc) is 2.68. The summed E-state index contributed by atoms with van der Waals surface area (Å²) in [5, 5.41) is 0. The van der Waals surface area contributed by atoms with Gasteiger partial charge in [-0.15, -0.1) is 12.4 Å². The Bertz CT molecular complexity index is 728. The standard InChI is InChI=1S/C22H26FNO2.ClH/c1-17(18-8-10-20(26-2)11-9-18)24-14-12-22(23,13-15-24)16-21(25)19-6-4-3-5-7-19;/h3-11,17H,12-16H2,1-2H3;1H. The van der Waals surface area contributed by atoms with Gasteiger partial charge in [-0.05, 0) is 37.5 Å². The molecule has 1 unspecified atom stereocenters. The topological polar surface area (TPSA) is 29.5 Å². The first kappa shape index (κ1) is 21.4. The summed E-state index contributed by atoms with van der Waals surface area (Å²) < 4.78 is 20.4. The lowest BCUT2D eigenvalue weighted by molar-refractivity contribution is 0.0339. The molecule has 1 aliphatic rings. The van der Waals surface area contributed by atoms with Crippen molar-refractivity contribution in [2.75, 3.05) is 20.2 Å². The largest absolute Gasteiger partial charge is 0.497 e. The molecule has 3 nitrogen and oxygen atoms in total. The average molecular weight is 392 g/mol. The Balaban J connectivity index is 0.00000261. The third kappa shape index (κ3) is 5.30. The summed E-state index contributed by atoms with van der Waals surface area (Å²) in [7, 11) is 1.65. The van der Waals surface area contributed by atoms with Crippen molar-refractivity contribution >= 4 is 18.2 Å². The zero-order valence-electron chi connectivity index (χ0n) is 15.9. The summed E-state index contributed by atoms with van der Waals surface area (Å²) in [6.45, 7) is 3.46. The van der Waals surface area contributed by atoms with Crippen molar-refractivity contribution < 1.29 is 13.9 Å². The Hall–Kier alpha value is -1.91. The first-order valence-electron chi connectivity index (χ1n) is 9.16. The molecule has 0 aromatic heterocycles. The van der Waals surface area contributed by atoms with Crippen LogP contribution in [-0.4, -0.2) is 36.6 Å². The zero-order chi connectivity index (χ0) is 18.6. The summed E-state index contributed by atoms with van der Waals surface area (Å²) in [5.74, 6) is 0.728. The van der Waals surface area contributed by atoms with E-state index >= 15 is 4.39 Å². The smallest absolute Gasteiger partial charge is 0.166 e. The molecule has 0 amide bonds. The maximum absolute atomic E-state index is 15.2. The van der Waals surface area contributed by atoms with Crippen LogP contribution in [0.3, 0.4) is 0 Å². The van der Waals surface area contributed by atoms with Crippen molar-refractivity contribution in [3.05, 3.63) is 65.7 Å². The van der Waals surface area contributed by atoms with E-state index in [1.165, 1.54) is 5.56 Å². The van der Waals surface area contributed by atoms with Crippen LogP contribution >= 0.6 is 12.4 Å². The van der Waals surface area contributed by atoms with Gasteiger partial charge in [-0.1, -0.05) is 42.5 Å². The molecule has 1 heterocycles. The second kappa shape index (κ2) is 9.34. The van der Waals surface area contributed by atoms with E-state index in [2.05, 4.69) is 24.0 Å². The minimum atomic E-state index is -1.40. The van der Waals surface area contributed by atoms with Gasteiger partial charge in [-0.3, -0.25) is 9.69 Å².